The third-order valence-corrected chi connectivity index (χ3v) is 3.76. The van der Waals surface area contributed by atoms with Gasteiger partial charge in [-0.1, -0.05) is 36.4 Å². The number of Topliss-reactive ketones (excluding diaryl/α,β-unsaturated/α-hetero) is 2. The van der Waals surface area contributed by atoms with Gasteiger partial charge in [0.1, 0.15) is 5.75 Å². The Morgan fingerprint density at radius 3 is 2.12 bits per heavy atom. The van der Waals surface area contributed by atoms with Crippen LogP contribution in [-0.4, -0.2) is 30.7 Å². The summed E-state index contributed by atoms with van der Waals surface area (Å²) in [5.41, 5.74) is 1.73. The molecule has 0 aliphatic heterocycles. The molecule has 5 heteroatoms. The van der Waals surface area contributed by atoms with Crippen molar-refractivity contribution >= 4 is 23.6 Å². The quantitative estimate of drug-likeness (QED) is 0.477. The highest BCUT2D eigenvalue weighted by molar-refractivity contribution is 6.41. The van der Waals surface area contributed by atoms with Crippen molar-refractivity contribution in [2.45, 2.75) is 6.92 Å². The van der Waals surface area contributed by atoms with Crippen molar-refractivity contribution in [3.63, 3.8) is 0 Å². The fourth-order valence-corrected chi connectivity index (χ4v) is 2.58. The number of benzene rings is 2. The summed E-state index contributed by atoms with van der Waals surface area (Å²) in [6.45, 7) is 1.86. The second-order valence-corrected chi connectivity index (χ2v) is 5.42. The summed E-state index contributed by atoms with van der Waals surface area (Å²) in [4.78, 5) is 36.0. The van der Waals surface area contributed by atoms with Gasteiger partial charge in [0.05, 0.1) is 12.2 Å². The topological polar surface area (TPSA) is 69.7 Å². The van der Waals surface area contributed by atoms with Gasteiger partial charge in [-0.05, 0) is 30.7 Å². The molecule has 0 atom stereocenters. The van der Waals surface area contributed by atoms with E-state index in [-0.39, 0.29) is 23.7 Å². The molecule has 0 saturated carbocycles. The number of esters is 1. The molecule has 0 radical (unpaired) electrons. The maximum Gasteiger partial charge on any atom is 0.344 e. The fraction of sp³-hybridized carbons (Fsp3) is 0.150. The lowest BCUT2D eigenvalue weighted by Gasteiger charge is -2.06. The van der Waals surface area contributed by atoms with E-state index >= 15 is 0 Å². The fourth-order valence-electron chi connectivity index (χ4n) is 2.58. The summed E-state index contributed by atoms with van der Waals surface area (Å²) in [7, 11) is 0. The predicted octanol–water partition coefficient (Wildman–Crippen LogP) is 3.09. The smallest absolute Gasteiger partial charge is 0.344 e. The molecule has 0 saturated heterocycles. The van der Waals surface area contributed by atoms with Gasteiger partial charge in [0.15, 0.2) is 18.2 Å². The number of allylic oxidation sites excluding steroid dienone is 1. The Morgan fingerprint density at radius 1 is 0.960 bits per heavy atom. The second-order valence-electron chi connectivity index (χ2n) is 5.42. The summed E-state index contributed by atoms with van der Waals surface area (Å²) >= 11 is 0. The van der Waals surface area contributed by atoms with Gasteiger partial charge >= 0.3 is 5.97 Å². The zero-order valence-electron chi connectivity index (χ0n) is 13.7. The first-order chi connectivity index (χ1) is 12.1. The molecule has 5 nitrogen and oxygen atoms in total. The zero-order valence-corrected chi connectivity index (χ0v) is 13.7. The number of carbonyl (C=O) groups is 3. The average Bonchev–Trinajstić information content (AvgIpc) is 2.87. The Hall–Kier alpha value is -3.21. The van der Waals surface area contributed by atoms with Crippen LogP contribution in [0.25, 0.3) is 6.08 Å². The molecule has 0 spiro atoms. The van der Waals surface area contributed by atoms with Gasteiger partial charge in [-0.25, -0.2) is 4.79 Å². The lowest BCUT2D eigenvalue weighted by atomic mass is 10.1. The molecule has 2 aromatic carbocycles. The molecule has 0 aromatic heterocycles. The van der Waals surface area contributed by atoms with Crippen LogP contribution in [0.1, 0.15) is 33.2 Å². The lowest BCUT2D eigenvalue weighted by Crippen LogP contribution is -2.14. The van der Waals surface area contributed by atoms with Crippen LogP contribution in [0, 0.1) is 0 Å². The average molecular weight is 336 g/mol. The van der Waals surface area contributed by atoms with Gasteiger partial charge in [0.2, 0.25) is 0 Å². The normalized spacial score (nSPS) is 12.8. The van der Waals surface area contributed by atoms with E-state index < -0.39 is 5.97 Å². The van der Waals surface area contributed by atoms with Gasteiger partial charge < -0.3 is 9.47 Å². The summed E-state index contributed by atoms with van der Waals surface area (Å²) in [5, 5.41) is 0. The van der Waals surface area contributed by atoms with Gasteiger partial charge in [0, 0.05) is 11.1 Å². The van der Waals surface area contributed by atoms with E-state index in [1.807, 2.05) is 0 Å². The summed E-state index contributed by atoms with van der Waals surface area (Å²) in [5.74, 6) is -0.456. The molecule has 1 aliphatic rings. The van der Waals surface area contributed by atoms with E-state index in [9.17, 15) is 14.4 Å². The van der Waals surface area contributed by atoms with E-state index in [1.54, 1.807) is 61.5 Å². The number of hydrogen-bond acceptors (Lipinski definition) is 5. The third kappa shape index (κ3) is 3.50. The van der Waals surface area contributed by atoms with E-state index in [1.165, 1.54) is 0 Å². The number of hydrogen-bond donors (Lipinski definition) is 0. The second kappa shape index (κ2) is 7.13. The number of carbonyl (C=O) groups excluding carboxylic acids is 3. The molecule has 0 amide bonds. The number of ether oxygens (including phenoxy) is 2. The third-order valence-electron chi connectivity index (χ3n) is 3.76. The Morgan fingerprint density at radius 2 is 1.56 bits per heavy atom. The van der Waals surface area contributed by atoms with Crippen molar-refractivity contribution in [2.75, 3.05) is 13.2 Å². The monoisotopic (exact) mass is 336 g/mol. The van der Waals surface area contributed by atoms with Crippen LogP contribution in [0.15, 0.2) is 54.1 Å². The Kier molecular flexibility index (Phi) is 4.75. The Balaban J connectivity index is 1.74. The SMILES string of the molecule is CCOC(=O)COc1ccc(C=C2C(=O)c3ccccc3C2=O)cc1. The molecule has 126 valence electrons. The molecule has 0 heterocycles. The van der Waals surface area contributed by atoms with Crippen molar-refractivity contribution in [1.82, 2.24) is 0 Å². The van der Waals surface area contributed by atoms with Crippen molar-refractivity contribution in [3.8, 4) is 5.75 Å². The van der Waals surface area contributed by atoms with Crippen LogP contribution in [0.2, 0.25) is 0 Å². The van der Waals surface area contributed by atoms with Crippen LogP contribution in [-0.2, 0) is 9.53 Å². The molecule has 2 aromatic rings. The van der Waals surface area contributed by atoms with E-state index in [4.69, 9.17) is 9.47 Å². The first-order valence-electron chi connectivity index (χ1n) is 7.88. The van der Waals surface area contributed by atoms with E-state index in [0.717, 1.165) is 0 Å². The van der Waals surface area contributed by atoms with E-state index in [2.05, 4.69) is 0 Å². The molecule has 25 heavy (non-hydrogen) atoms. The number of ketones is 2. The van der Waals surface area contributed by atoms with Crippen molar-refractivity contribution in [1.29, 1.82) is 0 Å². The van der Waals surface area contributed by atoms with Crippen molar-refractivity contribution in [2.24, 2.45) is 0 Å². The molecular weight excluding hydrogens is 320 g/mol. The molecule has 3 rings (SSSR count). The van der Waals surface area contributed by atoms with Crippen molar-refractivity contribution < 1.29 is 23.9 Å². The van der Waals surface area contributed by atoms with Crippen molar-refractivity contribution in [3.05, 3.63) is 70.8 Å². The van der Waals surface area contributed by atoms with E-state index in [0.29, 0.717) is 29.0 Å². The molecule has 0 unspecified atom stereocenters. The number of rotatable bonds is 5. The highest BCUT2D eigenvalue weighted by Gasteiger charge is 2.32. The lowest BCUT2D eigenvalue weighted by molar-refractivity contribution is -0.145. The van der Waals surface area contributed by atoms with Gasteiger partial charge in [0.25, 0.3) is 0 Å². The van der Waals surface area contributed by atoms with Gasteiger partial charge in [-0.15, -0.1) is 0 Å². The Bertz CT molecular complexity index is 825. The molecule has 1 aliphatic carbocycles. The largest absolute Gasteiger partial charge is 0.482 e. The van der Waals surface area contributed by atoms with Crippen LogP contribution >= 0.6 is 0 Å². The predicted molar refractivity (Wildman–Crippen MR) is 91.7 cm³/mol. The maximum atomic E-state index is 12.4. The standard InChI is InChI=1S/C20H16O5/c1-2-24-18(21)12-25-14-9-7-13(8-10-14)11-17-19(22)15-5-3-4-6-16(15)20(17)23/h3-11H,2,12H2,1H3. The van der Waals surface area contributed by atoms with Crippen LogP contribution in [0.4, 0.5) is 0 Å². The molecule has 0 fully saturated rings. The van der Waals surface area contributed by atoms with Crippen LogP contribution in [0.5, 0.6) is 5.75 Å². The van der Waals surface area contributed by atoms with Crippen LogP contribution in [0.3, 0.4) is 0 Å². The van der Waals surface area contributed by atoms with Gasteiger partial charge in [-0.2, -0.15) is 0 Å². The maximum absolute atomic E-state index is 12.4. The van der Waals surface area contributed by atoms with Crippen LogP contribution < -0.4 is 4.74 Å². The summed E-state index contributed by atoms with van der Waals surface area (Å²) in [6.07, 6.45) is 1.57. The first kappa shape index (κ1) is 16.6. The minimum absolute atomic E-state index is 0.154. The number of fused-ring (bicyclic) bond motifs is 1. The first-order valence-corrected chi connectivity index (χ1v) is 7.88. The zero-order chi connectivity index (χ0) is 17.8. The highest BCUT2D eigenvalue weighted by Crippen LogP contribution is 2.28. The summed E-state index contributed by atoms with van der Waals surface area (Å²) < 4.78 is 10.1. The minimum atomic E-state index is -0.436. The molecule has 0 N–H and O–H groups in total. The molecular formula is C20H16O5. The van der Waals surface area contributed by atoms with Gasteiger partial charge in [-0.3, -0.25) is 9.59 Å². The molecule has 0 bridgehead atoms. The summed E-state index contributed by atoms with van der Waals surface area (Å²) in [6, 6.07) is 13.6. The highest BCUT2D eigenvalue weighted by atomic mass is 16.6. The Labute approximate surface area is 144 Å². The minimum Gasteiger partial charge on any atom is -0.482 e.